The number of amides is 2. The summed E-state index contributed by atoms with van der Waals surface area (Å²) in [7, 11) is 0. The quantitative estimate of drug-likeness (QED) is 0.868. The number of nitrogens with zero attached hydrogens (tertiary/aromatic N) is 2. The molecule has 21 heavy (non-hydrogen) atoms. The van der Waals surface area contributed by atoms with Crippen LogP contribution in [0.4, 0.5) is 10.5 Å². The van der Waals surface area contributed by atoms with Crippen LogP contribution in [0.2, 0.25) is 0 Å². The monoisotopic (exact) mass is 289 g/mol. The fraction of sp³-hybridized carbons (Fsp3) is 0.357. The third kappa shape index (κ3) is 3.70. The van der Waals surface area contributed by atoms with Gasteiger partial charge in [-0.25, -0.2) is 9.59 Å². The highest BCUT2D eigenvalue weighted by Gasteiger charge is 2.42. The van der Waals surface area contributed by atoms with E-state index >= 15 is 0 Å². The van der Waals surface area contributed by atoms with Gasteiger partial charge in [-0.2, -0.15) is 5.26 Å². The Hall–Kier alpha value is -2.59. The molecule has 2 N–H and O–H groups in total. The van der Waals surface area contributed by atoms with Crippen molar-refractivity contribution in [2.45, 2.75) is 12.5 Å². The average Bonchev–Trinajstić information content (AvgIpc) is 2.42. The maximum Gasteiger partial charge on any atom is 0.329 e. The number of rotatable bonds is 4. The number of urea groups is 1. The maximum absolute atomic E-state index is 12.0. The zero-order chi connectivity index (χ0) is 15.5. The van der Waals surface area contributed by atoms with Gasteiger partial charge in [-0.3, -0.25) is 0 Å². The number of anilines is 1. The summed E-state index contributed by atoms with van der Waals surface area (Å²) in [5.74, 6) is -1.03. The Morgan fingerprint density at radius 2 is 2.24 bits per heavy atom. The van der Waals surface area contributed by atoms with Gasteiger partial charge in [0, 0.05) is 5.69 Å². The molecule has 2 rings (SSSR count). The Kier molecular flexibility index (Phi) is 4.10. The highest BCUT2D eigenvalue weighted by molar-refractivity contribution is 5.90. The van der Waals surface area contributed by atoms with Crippen LogP contribution in [0, 0.1) is 11.3 Å². The van der Waals surface area contributed by atoms with Crippen molar-refractivity contribution in [3.63, 3.8) is 0 Å². The van der Waals surface area contributed by atoms with E-state index in [9.17, 15) is 9.59 Å². The minimum absolute atomic E-state index is 0.304. The lowest BCUT2D eigenvalue weighted by Crippen LogP contribution is -2.64. The number of aliphatic carboxylic acids is 1. The number of likely N-dealkylation sites (tertiary alicyclic amines) is 1. The lowest BCUT2D eigenvalue weighted by molar-refractivity contribution is -0.159. The van der Waals surface area contributed by atoms with E-state index < -0.39 is 11.6 Å². The molecule has 7 nitrogen and oxygen atoms in total. The van der Waals surface area contributed by atoms with Gasteiger partial charge in [-0.15, -0.1) is 0 Å². The van der Waals surface area contributed by atoms with Crippen LogP contribution < -0.4 is 5.32 Å². The summed E-state index contributed by atoms with van der Waals surface area (Å²) >= 11 is 0. The predicted molar refractivity (Wildman–Crippen MR) is 73.7 cm³/mol. The largest absolute Gasteiger partial charge is 0.480 e. The van der Waals surface area contributed by atoms with Gasteiger partial charge in [0.2, 0.25) is 0 Å². The molecule has 0 saturated carbocycles. The molecule has 1 aromatic rings. The second-order valence-electron chi connectivity index (χ2n) is 5.11. The number of nitrogens with one attached hydrogen (secondary N) is 1. The van der Waals surface area contributed by atoms with E-state index in [4.69, 9.17) is 15.1 Å². The number of carboxylic acids is 1. The number of ether oxygens (including phenoxy) is 1. The summed E-state index contributed by atoms with van der Waals surface area (Å²) in [6.45, 7) is 2.03. The van der Waals surface area contributed by atoms with Crippen LogP contribution in [0.3, 0.4) is 0 Å². The zero-order valence-corrected chi connectivity index (χ0v) is 11.5. The van der Waals surface area contributed by atoms with Crippen molar-refractivity contribution in [2.75, 3.05) is 25.0 Å². The number of carbonyl (C=O) groups excluding carboxylic acids is 1. The maximum atomic E-state index is 12.0. The Labute approximate surface area is 121 Å². The second kappa shape index (κ2) is 5.81. The van der Waals surface area contributed by atoms with Crippen LogP contribution in [0.1, 0.15) is 12.5 Å². The summed E-state index contributed by atoms with van der Waals surface area (Å²) in [5.41, 5.74) is 0.384. The van der Waals surface area contributed by atoms with Crippen molar-refractivity contribution < 1.29 is 19.4 Å². The minimum atomic E-state index is -1.03. The summed E-state index contributed by atoms with van der Waals surface area (Å²) in [6.07, 6.45) is 0. The molecule has 1 fully saturated rings. The first kappa shape index (κ1) is 14.8. The number of nitriles is 1. The smallest absolute Gasteiger partial charge is 0.329 e. The zero-order valence-electron chi connectivity index (χ0n) is 11.5. The van der Waals surface area contributed by atoms with Crippen molar-refractivity contribution in [3.8, 4) is 6.07 Å². The lowest BCUT2D eigenvalue weighted by atomic mass is 9.97. The Balaban J connectivity index is 1.86. The van der Waals surface area contributed by atoms with E-state index in [0.717, 1.165) is 0 Å². The second-order valence-corrected chi connectivity index (χ2v) is 5.11. The van der Waals surface area contributed by atoms with E-state index in [2.05, 4.69) is 5.32 Å². The van der Waals surface area contributed by atoms with Crippen molar-refractivity contribution in [3.05, 3.63) is 29.8 Å². The van der Waals surface area contributed by atoms with Crippen molar-refractivity contribution in [2.24, 2.45) is 0 Å². The highest BCUT2D eigenvalue weighted by Crippen LogP contribution is 2.25. The fourth-order valence-electron chi connectivity index (χ4n) is 2.10. The van der Waals surface area contributed by atoms with Crippen molar-refractivity contribution in [1.82, 2.24) is 4.90 Å². The first-order valence-corrected chi connectivity index (χ1v) is 6.34. The van der Waals surface area contributed by atoms with Gasteiger partial charge in [0.05, 0.1) is 24.7 Å². The molecule has 0 radical (unpaired) electrons. The van der Waals surface area contributed by atoms with Crippen LogP contribution in [-0.2, 0) is 9.53 Å². The summed E-state index contributed by atoms with van der Waals surface area (Å²) in [6, 6.07) is 8.30. The Morgan fingerprint density at radius 1 is 1.52 bits per heavy atom. The van der Waals surface area contributed by atoms with Gasteiger partial charge >= 0.3 is 12.0 Å². The molecule has 2 amide bonds. The number of carbonyl (C=O) groups is 2. The molecule has 1 aliphatic rings. The molecule has 1 aromatic carbocycles. The molecule has 1 heterocycles. The molecule has 0 spiro atoms. The molecule has 0 bridgehead atoms. The molecule has 1 aliphatic heterocycles. The van der Waals surface area contributed by atoms with Gasteiger partial charge in [-0.05, 0) is 25.1 Å². The van der Waals surface area contributed by atoms with Gasteiger partial charge in [0.15, 0.2) is 0 Å². The number of hydrogen-bond acceptors (Lipinski definition) is 4. The van der Waals surface area contributed by atoms with Gasteiger partial charge in [0.25, 0.3) is 0 Å². The van der Waals surface area contributed by atoms with E-state index in [1.54, 1.807) is 31.2 Å². The lowest BCUT2D eigenvalue weighted by Gasteiger charge is -2.46. The molecule has 0 aliphatic carbocycles. The normalized spacial score (nSPS) is 15.7. The third-order valence-electron chi connectivity index (χ3n) is 3.12. The summed E-state index contributed by atoms with van der Waals surface area (Å²) in [5, 5.41) is 20.1. The topological polar surface area (TPSA) is 103 Å². The standard InChI is InChI=1S/C14H15N3O4/c1-14(21-7-12(18)19)8-17(9-14)13(20)16-11-4-2-3-10(5-11)6-15/h2-5H,7-9H2,1H3,(H,16,20)(H,18,19). The molecule has 110 valence electrons. The van der Waals surface area contributed by atoms with Crippen LogP contribution in [-0.4, -0.2) is 47.3 Å². The predicted octanol–water partition coefficient (Wildman–Crippen LogP) is 1.27. The molecule has 0 aromatic heterocycles. The minimum Gasteiger partial charge on any atom is -0.480 e. The fourth-order valence-corrected chi connectivity index (χ4v) is 2.10. The first-order chi connectivity index (χ1) is 9.92. The molecular weight excluding hydrogens is 274 g/mol. The molecular formula is C14H15N3O4. The SMILES string of the molecule is CC1(OCC(=O)O)CN(C(=O)Nc2cccc(C#N)c2)C1. The van der Waals surface area contributed by atoms with Crippen LogP contribution in [0.15, 0.2) is 24.3 Å². The molecule has 1 saturated heterocycles. The average molecular weight is 289 g/mol. The molecule has 7 heteroatoms. The summed E-state index contributed by atoms with van der Waals surface area (Å²) in [4.78, 5) is 24.0. The van der Waals surface area contributed by atoms with E-state index in [0.29, 0.717) is 24.3 Å². The van der Waals surface area contributed by atoms with Crippen molar-refractivity contribution in [1.29, 1.82) is 5.26 Å². The van der Waals surface area contributed by atoms with Crippen LogP contribution >= 0.6 is 0 Å². The highest BCUT2D eigenvalue weighted by atomic mass is 16.5. The molecule has 0 atom stereocenters. The Bertz CT molecular complexity index is 602. The first-order valence-electron chi connectivity index (χ1n) is 6.34. The summed E-state index contributed by atoms with van der Waals surface area (Å²) < 4.78 is 5.23. The van der Waals surface area contributed by atoms with Crippen LogP contribution in [0.5, 0.6) is 0 Å². The number of hydrogen-bond donors (Lipinski definition) is 2. The van der Waals surface area contributed by atoms with E-state index in [1.165, 1.54) is 4.90 Å². The third-order valence-corrected chi connectivity index (χ3v) is 3.12. The van der Waals surface area contributed by atoms with E-state index in [-0.39, 0.29) is 12.6 Å². The number of carboxylic acid groups (broad SMARTS) is 1. The molecule has 0 unspecified atom stereocenters. The van der Waals surface area contributed by atoms with Crippen LogP contribution in [0.25, 0.3) is 0 Å². The van der Waals surface area contributed by atoms with Gasteiger partial charge in [-0.1, -0.05) is 6.07 Å². The number of benzene rings is 1. The van der Waals surface area contributed by atoms with E-state index in [1.807, 2.05) is 6.07 Å². The van der Waals surface area contributed by atoms with Crippen molar-refractivity contribution >= 4 is 17.7 Å². The Morgan fingerprint density at radius 3 is 2.86 bits per heavy atom. The van der Waals surface area contributed by atoms with Gasteiger partial charge < -0.3 is 20.1 Å². The van der Waals surface area contributed by atoms with Gasteiger partial charge in [0.1, 0.15) is 12.2 Å².